The fraction of sp³-hybridized carbons (Fsp3) is 0.643. The first-order valence-corrected chi connectivity index (χ1v) is 6.09. The molecule has 0 radical (unpaired) electrons. The zero-order valence-electron chi connectivity index (χ0n) is 9.90. The van der Waals surface area contributed by atoms with Crippen molar-refractivity contribution in [2.45, 2.75) is 59.3 Å². The molecule has 0 atom stereocenters. The smallest absolute Gasteiger partial charge is 0.0514 e. The predicted molar refractivity (Wildman–Crippen MR) is 64.0 cm³/mol. The molecule has 0 fully saturated rings. The van der Waals surface area contributed by atoms with Crippen LogP contribution in [0.3, 0.4) is 0 Å². The normalized spacial score (nSPS) is 10.8. The minimum absolute atomic E-state index is 1.25. The molecular formula is C14H23-. The van der Waals surface area contributed by atoms with Gasteiger partial charge in [-0.05, 0) is 0 Å². The Morgan fingerprint density at radius 3 is 2.14 bits per heavy atom. The molecule has 0 unspecified atom stereocenters. The zero-order chi connectivity index (χ0) is 10.4. The van der Waals surface area contributed by atoms with Crippen LogP contribution in [-0.2, 0) is 19.3 Å². The monoisotopic (exact) mass is 191 g/mol. The highest BCUT2D eigenvalue weighted by molar-refractivity contribution is 5.36. The van der Waals surface area contributed by atoms with Gasteiger partial charge in [0.1, 0.15) is 0 Å². The van der Waals surface area contributed by atoms with Crippen LogP contribution in [0.25, 0.3) is 0 Å². The van der Waals surface area contributed by atoms with Crippen molar-refractivity contribution in [2.24, 2.45) is 0 Å². The van der Waals surface area contributed by atoms with Gasteiger partial charge in [-0.1, -0.05) is 59.3 Å². The number of rotatable bonds is 6. The summed E-state index contributed by atoms with van der Waals surface area (Å²) in [6, 6.07) is 4.86. The summed E-state index contributed by atoms with van der Waals surface area (Å²) in [6.45, 7) is 6.79. The van der Waals surface area contributed by atoms with E-state index in [1.165, 1.54) is 38.5 Å². The minimum atomic E-state index is 1.25. The van der Waals surface area contributed by atoms with Gasteiger partial charge in [-0.2, -0.15) is 22.8 Å². The van der Waals surface area contributed by atoms with E-state index in [9.17, 15) is 0 Å². The van der Waals surface area contributed by atoms with E-state index >= 15 is 0 Å². The average Bonchev–Trinajstić information content (AvgIpc) is 2.50. The van der Waals surface area contributed by atoms with E-state index in [1.807, 2.05) is 0 Å². The molecule has 0 saturated carbocycles. The summed E-state index contributed by atoms with van der Waals surface area (Å²) in [5.74, 6) is 0. The maximum atomic E-state index is 2.43. The third kappa shape index (κ3) is 2.94. The molecule has 1 rings (SSSR count). The van der Waals surface area contributed by atoms with Crippen molar-refractivity contribution in [1.82, 2.24) is 0 Å². The van der Waals surface area contributed by atoms with Crippen molar-refractivity contribution in [3.8, 4) is 0 Å². The summed E-state index contributed by atoms with van der Waals surface area (Å²) in [5.41, 5.74) is 4.77. The lowest BCUT2D eigenvalue weighted by Crippen LogP contribution is -1.87. The van der Waals surface area contributed by atoms with Crippen LogP contribution in [0.15, 0.2) is 12.1 Å². The van der Waals surface area contributed by atoms with Crippen LogP contribution >= 0.6 is 0 Å². The fourth-order valence-corrected chi connectivity index (χ4v) is 2.11. The molecule has 0 heterocycles. The van der Waals surface area contributed by atoms with Crippen LogP contribution in [0.5, 0.6) is 0 Å². The van der Waals surface area contributed by atoms with Crippen LogP contribution in [0.2, 0.25) is 0 Å². The van der Waals surface area contributed by atoms with Crippen molar-refractivity contribution in [1.29, 1.82) is 0 Å². The highest BCUT2D eigenvalue weighted by Crippen LogP contribution is 2.20. The van der Waals surface area contributed by atoms with Gasteiger partial charge in [0.2, 0.25) is 0 Å². The molecule has 1 aromatic rings. The van der Waals surface area contributed by atoms with Crippen LogP contribution in [0, 0.1) is 0 Å². The second-order valence-electron chi connectivity index (χ2n) is 4.16. The summed E-state index contributed by atoms with van der Waals surface area (Å²) in [6.07, 6.45) is 7.58. The fourth-order valence-electron chi connectivity index (χ4n) is 2.11. The summed E-state index contributed by atoms with van der Waals surface area (Å²) in [5, 5.41) is 0. The van der Waals surface area contributed by atoms with Gasteiger partial charge in [0.25, 0.3) is 0 Å². The number of hydrogen-bond acceptors (Lipinski definition) is 0. The molecule has 0 heteroatoms. The SMILES string of the molecule is CCCc1cc(CCC)c(CCC)[cH-]1. The Morgan fingerprint density at radius 2 is 1.57 bits per heavy atom. The van der Waals surface area contributed by atoms with Crippen LogP contribution in [0.4, 0.5) is 0 Å². The standard InChI is InChI=1S/C14H23/c1-4-7-12-10-13(8-5-2)14(11-12)9-6-3/h10-11H,4-9H2,1-3H3/q-1. The van der Waals surface area contributed by atoms with Crippen molar-refractivity contribution < 1.29 is 0 Å². The van der Waals surface area contributed by atoms with Gasteiger partial charge >= 0.3 is 0 Å². The number of aryl methyl sites for hydroxylation is 3. The maximum absolute atomic E-state index is 2.43. The summed E-state index contributed by atoms with van der Waals surface area (Å²) in [4.78, 5) is 0. The van der Waals surface area contributed by atoms with Crippen LogP contribution < -0.4 is 0 Å². The van der Waals surface area contributed by atoms with Crippen molar-refractivity contribution in [3.05, 3.63) is 28.8 Å². The average molecular weight is 191 g/mol. The van der Waals surface area contributed by atoms with Crippen molar-refractivity contribution >= 4 is 0 Å². The van der Waals surface area contributed by atoms with Gasteiger partial charge < -0.3 is 0 Å². The Kier molecular flexibility index (Phi) is 4.86. The Labute approximate surface area is 88.7 Å². The quantitative estimate of drug-likeness (QED) is 0.589. The van der Waals surface area contributed by atoms with E-state index in [0.717, 1.165) is 0 Å². The Morgan fingerprint density at radius 1 is 0.929 bits per heavy atom. The first-order chi connectivity index (χ1) is 6.81. The molecular weight excluding hydrogens is 168 g/mol. The highest BCUT2D eigenvalue weighted by atomic mass is 14.1. The lowest BCUT2D eigenvalue weighted by molar-refractivity contribution is 0.869. The van der Waals surface area contributed by atoms with E-state index < -0.39 is 0 Å². The Bertz CT molecular complexity index is 232. The molecule has 0 aliphatic rings. The van der Waals surface area contributed by atoms with E-state index in [-0.39, 0.29) is 0 Å². The predicted octanol–water partition coefficient (Wildman–Crippen LogP) is 4.26. The van der Waals surface area contributed by atoms with Gasteiger partial charge in [0.15, 0.2) is 0 Å². The molecule has 0 aliphatic heterocycles. The molecule has 0 saturated heterocycles. The lowest BCUT2D eigenvalue weighted by Gasteiger charge is -2.08. The highest BCUT2D eigenvalue weighted by Gasteiger charge is 1.96. The molecule has 80 valence electrons. The van der Waals surface area contributed by atoms with Crippen LogP contribution in [-0.4, -0.2) is 0 Å². The molecule has 0 bridgehead atoms. The Hall–Kier alpha value is -0.650. The molecule has 0 N–H and O–H groups in total. The van der Waals surface area contributed by atoms with E-state index in [4.69, 9.17) is 0 Å². The first kappa shape index (κ1) is 11.4. The van der Waals surface area contributed by atoms with Gasteiger partial charge in [0, 0.05) is 0 Å². The molecule has 0 spiro atoms. The molecule has 0 amide bonds. The third-order valence-electron chi connectivity index (χ3n) is 2.71. The minimum Gasteiger partial charge on any atom is -0.207 e. The molecule has 0 aromatic heterocycles. The first-order valence-electron chi connectivity index (χ1n) is 6.09. The second-order valence-corrected chi connectivity index (χ2v) is 4.16. The van der Waals surface area contributed by atoms with Crippen LogP contribution in [0.1, 0.15) is 56.7 Å². The molecule has 0 nitrogen and oxygen atoms in total. The Balaban J connectivity index is 2.76. The van der Waals surface area contributed by atoms with E-state index in [1.54, 1.807) is 16.7 Å². The summed E-state index contributed by atoms with van der Waals surface area (Å²) >= 11 is 0. The summed E-state index contributed by atoms with van der Waals surface area (Å²) in [7, 11) is 0. The molecule has 1 aromatic carbocycles. The lowest BCUT2D eigenvalue weighted by atomic mass is 10.1. The van der Waals surface area contributed by atoms with Gasteiger partial charge in [-0.3, -0.25) is 0 Å². The molecule has 0 aliphatic carbocycles. The van der Waals surface area contributed by atoms with E-state index in [0.29, 0.717) is 0 Å². The molecule has 14 heavy (non-hydrogen) atoms. The van der Waals surface area contributed by atoms with Gasteiger partial charge in [-0.25, -0.2) is 6.07 Å². The largest absolute Gasteiger partial charge is 0.207 e. The zero-order valence-corrected chi connectivity index (χ0v) is 9.90. The van der Waals surface area contributed by atoms with Crippen molar-refractivity contribution in [2.75, 3.05) is 0 Å². The summed E-state index contributed by atoms with van der Waals surface area (Å²) < 4.78 is 0. The van der Waals surface area contributed by atoms with Gasteiger partial charge in [-0.15, -0.1) is 0 Å². The van der Waals surface area contributed by atoms with Gasteiger partial charge in [0.05, 0.1) is 0 Å². The maximum Gasteiger partial charge on any atom is -0.0514 e. The third-order valence-corrected chi connectivity index (χ3v) is 2.71. The topological polar surface area (TPSA) is 0 Å². The van der Waals surface area contributed by atoms with Crippen molar-refractivity contribution in [3.63, 3.8) is 0 Å². The number of hydrogen-bond donors (Lipinski definition) is 0. The second kappa shape index (κ2) is 5.95. The van der Waals surface area contributed by atoms with E-state index in [2.05, 4.69) is 32.9 Å².